The first-order chi connectivity index (χ1) is 12.5. The van der Waals surface area contributed by atoms with E-state index < -0.39 is 17.9 Å². The number of carbonyl (C=O) groups is 2. The summed E-state index contributed by atoms with van der Waals surface area (Å²) >= 11 is 6.00. The predicted octanol–water partition coefficient (Wildman–Crippen LogP) is 3.85. The third kappa shape index (κ3) is 2.98. The van der Waals surface area contributed by atoms with E-state index >= 15 is 0 Å². The molecular weight excluding hydrogens is 356 g/mol. The van der Waals surface area contributed by atoms with Gasteiger partial charge in [0.15, 0.2) is 0 Å². The average molecular weight is 375 g/mol. The number of hydrogen-bond acceptors (Lipinski definition) is 4. The van der Waals surface area contributed by atoms with E-state index in [4.69, 9.17) is 16.1 Å². The number of halogens is 1. The first-order valence-corrected chi connectivity index (χ1v) is 9.20. The highest BCUT2D eigenvalue weighted by Gasteiger charge is 2.48. The Morgan fingerprint density at radius 2 is 2.04 bits per heavy atom. The van der Waals surface area contributed by atoms with E-state index in [0.717, 1.165) is 31.2 Å². The van der Waals surface area contributed by atoms with Crippen LogP contribution in [0.3, 0.4) is 0 Å². The van der Waals surface area contributed by atoms with Crippen LogP contribution in [0.2, 0.25) is 5.02 Å². The van der Waals surface area contributed by atoms with E-state index in [1.54, 1.807) is 24.3 Å². The number of rotatable bonds is 3. The van der Waals surface area contributed by atoms with Crippen molar-refractivity contribution in [2.75, 3.05) is 0 Å². The summed E-state index contributed by atoms with van der Waals surface area (Å²) in [5.41, 5.74) is 1.24. The first-order valence-electron chi connectivity index (χ1n) is 8.82. The lowest BCUT2D eigenvalue weighted by Crippen LogP contribution is -2.46. The summed E-state index contributed by atoms with van der Waals surface area (Å²) in [6.45, 7) is 0. The second-order valence-corrected chi connectivity index (χ2v) is 7.44. The van der Waals surface area contributed by atoms with Crippen molar-refractivity contribution in [1.29, 1.82) is 0 Å². The Morgan fingerprint density at radius 3 is 2.81 bits per heavy atom. The fourth-order valence-corrected chi connectivity index (χ4v) is 4.45. The van der Waals surface area contributed by atoms with Gasteiger partial charge >= 0.3 is 5.97 Å². The Labute approximate surface area is 155 Å². The van der Waals surface area contributed by atoms with Crippen molar-refractivity contribution in [2.24, 2.45) is 5.92 Å². The van der Waals surface area contributed by atoms with E-state index in [1.807, 2.05) is 6.07 Å². The fraction of sp³-hybridized carbons (Fsp3) is 0.421. The number of amides is 1. The lowest BCUT2D eigenvalue weighted by molar-refractivity contribution is -0.141. The van der Waals surface area contributed by atoms with Gasteiger partial charge in [-0.25, -0.2) is 4.79 Å². The van der Waals surface area contributed by atoms with Gasteiger partial charge in [0.05, 0.1) is 0 Å². The third-order valence-electron chi connectivity index (χ3n) is 5.45. The van der Waals surface area contributed by atoms with E-state index in [-0.39, 0.29) is 17.7 Å². The van der Waals surface area contributed by atoms with Crippen LogP contribution in [0.15, 0.2) is 34.9 Å². The average Bonchev–Trinajstić information content (AvgIpc) is 3.26. The van der Waals surface area contributed by atoms with Crippen LogP contribution in [0.25, 0.3) is 11.3 Å². The Bertz CT molecular complexity index is 850. The van der Waals surface area contributed by atoms with Crippen LogP contribution in [0.1, 0.15) is 42.7 Å². The molecule has 0 bridgehead atoms. The molecule has 2 heterocycles. The molecule has 136 valence electrons. The van der Waals surface area contributed by atoms with Gasteiger partial charge in [-0.15, -0.1) is 0 Å². The summed E-state index contributed by atoms with van der Waals surface area (Å²) in [6, 6.07) is 7.84. The summed E-state index contributed by atoms with van der Waals surface area (Å²) in [5, 5.41) is 14.1. The van der Waals surface area contributed by atoms with Crippen molar-refractivity contribution in [3.8, 4) is 11.3 Å². The summed E-state index contributed by atoms with van der Waals surface area (Å²) in [5.74, 6) is -1.03. The Morgan fingerprint density at radius 1 is 1.23 bits per heavy atom. The summed E-state index contributed by atoms with van der Waals surface area (Å²) in [7, 11) is 0. The van der Waals surface area contributed by atoms with Crippen LogP contribution < -0.4 is 0 Å². The molecule has 3 atom stereocenters. The largest absolute Gasteiger partial charge is 0.480 e. The molecule has 1 N–H and O–H groups in total. The molecule has 1 amide bonds. The highest BCUT2D eigenvalue weighted by atomic mass is 35.5. The number of fused-ring (bicyclic) bond motifs is 1. The normalized spacial score (nSPS) is 25.1. The molecule has 2 aromatic rings. The second-order valence-electron chi connectivity index (χ2n) is 7.00. The molecular formula is C19H19ClN2O4. The van der Waals surface area contributed by atoms with Crippen molar-refractivity contribution in [3.63, 3.8) is 0 Å². The van der Waals surface area contributed by atoms with Crippen molar-refractivity contribution in [3.05, 3.63) is 41.1 Å². The van der Waals surface area contributed by atoms with E-state index in [1.165, 1.54) is 4.90 Å². The predicted molar refractivity (Wildman–Crippen MR) is 94.9 cm³/mol. The molecule has 0 spiro atoms. The maximum absolute atomic E-state index is 13.0. The van der Waals surface area contributed by atoms with Crippen LogP contribution >= 0.6 is 11.6 Å². The van der Waals surface area contributed by atoms with Crippen LogP contribution in [0.5, 0.6) is 0 Å². The smallest absolute Gasteiger partial charge is 0.326 e. The monoisotopic (exact) mass is 374 g/mol. The second kappa shape index (κ2) is 6.76. The van der Waals surface area contributed by atoms with Gasteiger partial charge in [-0.3, -0.25) is 4.79 Å². The minimum absolute atomic E-state index is 0.0305. The van der Waals surface area contributed by atoms with E-state index in [0.29, 0.717) is 17.1 Å². The van der Waals surface area contributed by atoms with Gasteiger partial charge < -0.3 is 14.5 Å². The Balaban J connectivity index is 1.63. The summed E-state index contributed by atoms with van der Waals surface area (Å²) in [4.78, 5) is 26.2. The Hall–Kier alpha value is -2.34. The molecule has 3 unspecified atom stereocenters. The number of aromatic nitrogens is 1. The standard InChI is InChI=1S/C19H19ClN2O4/c20-13-6-3-5-11(8-13)14-10-17(26-21-14)18(23)22-15-7-2-1-4-12(15)9-16(22)19(24)25/h3,5-6,8,10,12,15-16H,1-2,4,7,9H2,(H,24,25). The van der Waals surface area contributed by atoms with Gasteiger partial charge in [0.2, 0.25) is 5.76 Å². The molecule has 26 heavy (non-hydrogen) atoms. The molecule has 4 rings (SSSR count). The summed E-state index contributed by atoms with van der Waals surface area (Å²) < 4.78 is 5.26. The zero-order chi connectivity index (χ0) is 18.3. The topological polar surface area (TPSA) is 83.6 Å². The molecule has 1 aliphatic heterocycles. The SMILES string of the molecule is O=C(O)C1CC2CCCCC2N1C(=O)c1cc(-c2cccc(Cl)c2)no1. The minimum atomic E-state index is -0.956. The number of carboxylic acids is 1. The third-order valence-corrected chi connectivity index (χ3v) is 5.68. The van der Waals surface area contributed by atoms with E-state index in [2.05, 4.69) is 5.16 Å². The lowest BCUT2D eigenvalue weighted by Gasteiger charge is -2.32. The lowest BCUT2D eigenvalue weighted by atomic mass is 9.84. The van der Waals surface area contributed by atoms with Gasteiger partial charge in [-0.1, -0.05) is 41.7 Å². The zero-order valence-corrected chi connectivity index (χ0v) is 14.9. The van der Waals surface area contributed by atoms with Crippen molar-refractivity contribution in [2.45, 2.75) is 44.2 Å². The molecule has 1 saturated heterocycles. The number of hydrogen-bond donors (Lipinski definition) is 1. The molecule has 1 aromatic heterocycles. The molecule has 1 aromatic carbocycles. The molecule has 6 nitrogen and oxygen atoms in total. The first kappa shape index (κ1) is 17.1. The number of nitrogens with zero attached hydrogens (tertiary/aromatic N) is 2. The quantitative estimate of drug-likeness (QED) is 0.882. The van der Waals surface area contributed by atoms with Crippen LogP contribution in [-0.2, 0) is 4.79 Å². The molecule has 1 aliphatic carbocycles. The van der Waals surface area contributed by atoms with Gasteiger partial charge in [0.1, 0.15) is 11.7 Å². The van der Waals surface area contributed by atoms with Crippen LogP contribution in [0.4, 0.5) is 0 Å². The van der Waals surface area contributed by atoms with Gasteiger partial charge in [-0.05, 0) is 37.3 Å². The number of carboxylic acid groups (broad SMARTS) is 1. The van der Waals surface area contributed by atoms with Gasteiger partial charge in [0, 0.05) is 22.7 Å². The molecule has 1 saturated carbocycles. The van der Waals surface area contributed by atoms with Crippen LogP contribution in [-0.4, -0.2) is 39.1 Å². The number of aliphatic carboxylic acids is 1. The zero-order valence-electron chi connectivity index (χ0n) is 14.1. The van der Waals surface area contributed by atoms with Crippen molar-refractivity contribution < 1.29 is 19.2 Å². The number of likely N-dealkylation sites (tertiary alicyclic amines) is 1. The van der Waals surface area contributed by atoms with E-state index in [9.17, 15) is 14.7 Å². The van der Waals surface area contributed by atoms with Gasteiger partial charge in [-0.2, -0.15) is 0 Å². The van der Waals surface area contributed by atoms with Crippen LogP contribution in [0, 0.1) is 5.92 Å². The summed E-state index contributed by atoms with van der Waals surface area (Å²) in [6.07, 6.45) is 4.44. The number of carbonyl (C=O) groups excluding carboxylic acids is 1. The fourth-order valence-electron chi connectivity index (χ4n) is 4.26. The molecule has 7 heteroatoms. The Kier molecular flexibility index (Phi) is 4.44. The highest BCUT2D eigenvalue weighted by molar-refractivity contribution is 6.30. The highest BCUT2D eigenvalue weighted by Crippen LogP contribution is 2.40. The molecule has 2 fully saturated rings. The maximum atomic E-state index is 13.0. The molecule has 0 radical (unpaired) electrons. The molecule has 2 aliphatic rings. The minimum Gasteiger partial charge on any atom is -0.480 e. The van der Waals surface area contributed by atoms with Gasteiger partial charge in [0.25, 0.3) is 5.91 Å². The number of benzene rings is 1. The van der Waals surface area contributed by atoms with Crippen molar-refractivity contribution >= 4 is 23.5 Å². The maximum Gasteiger partial charge on any atom is 0.326 e. The van der Waals surface area contributed by atoms with Crippen molar-refractivity contribution in [1.82, 2.24) is 10.1 Å².